The van der Waals surface area contributed by atoms with Crippen molar-refractivity contribution >= 4 is 63.1 Å². The van der Waals surface area contributed by atoms with Crippen molar-refractivity contribution in [3.05, 3.63) is 100 Å². The summed E-state index contributed by atoms with van der Waals surface area (Å²) in [4.78, 5) is 36.2. The molecule has 0 bridgehead atoms. The molecule has 0 saturated heterocycles. The van der Waals surface area contributed by atoms with Gasteiger partial charge >= 0.3 is 6.03 Å². The van der Waals surface area contributed by atoms with Crippen molar-refractivity contribution < 1.29 is 19.2 Å². The largest absolute Gasteiger partial charge is 0.487 e. The Balaban J connectivity index is 1.40. The number of urea groups is 1. The van der Waals surface area contributed by atoms with E-state index < -0.39 is 11.9 Å². The Morgan fingerprint density at radius 3 is 2.61 bits per heavy atom. The van der Waals surface area contributed by atoms with Crippen LogP contribution in [0.3, 0.4) is 0 Å². The van der Waals surface area contributed by atoms with E-state index >= 15 is 0 Å². The molecule has 0 saturated carbocycles. The minimum atomic E-state index is -0.551. The molecule has 1 aromatic heterocycles. The van der Waals surface area contributed by atoms with Crippen molar-refractivity contribution in [2.24, 2.45) is 0 Å². The van der Waals surface area contributed by atoms with Crippen LogP contribution in [0.1, 0.15) is 16.8 Å². The molecule has 212 valence electrons. The second kappa shape index (κ2) is 13.4. The number of benzene rings is 3. The summed E-state index contributed by atoms with van der Waals surface area (Å²) < 4.78 is 6.07. The molecule has 0 aliphatic heterocycles. The molecule has 3 amide bonds. The van der Waals surface area contributed by atoms with E-state index in [0.717, 1.165) is 22.2 Å². The number of para-hydroxylation sites is 1. The zero-order valence-corrected chi connectivity index (χ0v) is 24.3. The normalized spacial score (nSPS) is 10.7. The number of carbonyl (C=O) groups excluding carboxylic acids is 2. The van der Waals surface area contributed by atoms with Crippen molar-refractivity contribution in [3.8, 4) is 5.75 Å². The van der Waals surface area contributed by atoms with Crippen LogP contribution in [0.4, 0.5) is 16.2 Å². The fourth-order valence-corrected chi connectivity index (χ4v) is 4.62. The second-order valence-corrected chi connectivity index (χ2v) is 9.84. The molecular formula is C30H29Cl2N5O4. The van der Waals surface area contributed by atoms with Crippen LogP contribution in [0.25, 0.3) is 16.6 Å². The van der Waals surface area contributed by atoms with Gasteiger partial charge in [-0.3, -0.25) is 15.1 Å². The van der Waals surface area contributed by atoms with Crippen LogP contribution in [0.2, 0.25) is 10.0 Å². The number of hydroxylamine groups is 1. The number of amides is 3. The summed E-state index contributed by atoms with van der Waals surface area (Å²) >= 11 is 13.2. The third-order valence-corrected chi connectivity index (χ3v) is 6.97. The predicted octanol–water partition coefficient (Wildman–Crippen LogP) is 6.34. The maximum absolute atomic E-state index is 12.9. The molecule has 0 radical (unpaired) electrons. The number of hydrogen-bond acceptors (Lipinski definition) is 6. The minimum absolute atomic E-state index is 0.0638. The first-order valence-electron chi connectivity index (χ1n) is 12.5. The van der Waals surface area contributed by atoms with Gasteiger partial charge in [-0.25, -0.2) is 9.78 Å². The van der Waals surface area contributed by atoms with Crippen molar-refractivity contribution in [1.29, 1.82) is 0 Å². The molecule has 41 heavy (non-hydrogen) atoms. The SMILES string of the molecule is C=C(NOC)c1cccc(NC(=O)NCC(=O)N(C)c2ccc(Cl)c(COc3cccc4ccc(C)nc34)c2Cl)c1. The Morgan fingerprint density at radius 2 is 1.83 bits per heavy atom. The van der Waals surface area contributed by atoms with Gasteiger partial charge in [0.1, 0.15) is 17.9 Å². The molecule has 3 aromatic carbocycles. The van der Waals surface area contributed by atoms with Gasteiger partial charge in [-0.1, -0.05) is 60.1 Å². The first-order chi connectivity index (χ1) is 19.7. The molecule has 0 aliphatic rings. The molecule has 11 heteroatoms. The molecule has 9 nitrogen and oxygen atoms in total. The number of nitrogens with zero attached hydrogens (tertiary/aromatic N) is 2. The van der Waals surface area contributed by atoms with E-state index in [1.54, 1.807) is 37.4 Å². The quantitative estimate of drug-likeness (QED) is 0.185. The van der Waals surface area contributed by atoms with E-state index in [2.05, 4.69) is 27.7 Å². The summed E-state index contributed by atoms with van der Waals surface area (Å²) in [5, 5.41) is 6.87. The molecule has 3 N–H and O–H groups in total. The minimum Gasteiger partial charge on any atom is -0.487 e. The van der Waals surface area contributed by atoms with Gasteiger partial charge in [0.25, 0.3) is 0 Å². The van der Waals surface area contributed by atoms with Crippen LogP contribution in [0.5, 0.6) is 5.75 Å². The number of anilines is 2. The standard InChI is InChI=1S/C30H29Cl2N5O4/c1-18-11-12-20-7-6-10-26(29(20)34-18)41-17-23-24(31)13-14-25(28(23)32)37(3)27(38)16-33-30(39)35-22-9-5-8-21(15-22)19(2)36-40-4/h5-15,36H,2,16-17H2,1,3-4H3,(H2,33,35,39). The van der Waals surface area contributed by atoms with Gasteiger partial charge in [0.2, 0.25) is 5.91 Å². The highest BCUT2D eigenvalue weighted by Crippen LogP contribution is 2.35. The van der Waals surface area contributed by atoms with Crippen LogP contribution >= 0.6 is 23.2 Å². The lowest BCUT2D eigenvalue weighted by molar-refractivity contribution is -0.117. The van der Waals surface area contributed by atoms with E-state index in [9.17, 15) is 9.59 Å². The molecule has 0 atom stereocenters. The first kappa shape index (κ1) is 29.7. The lowest BCUT2D eigenvalue weighted by atomic mass is 10.1. The summed E-state index contributed by atoms with van der Waals surface area (Å²) in [6.45, 7) is 5.56. The summed E-state index contributed by atoms with van der Waals surface area (Å²) in [5.41, 5.74) is 6.96. The highest BCUT2D eigenvalue weighted by Gasteiger charge is 2.19. The predicted molar refractivity (Wildman–Crippen MR) is 163 cm³/mol. The van der Waals surface area contributed by atoms with Gasteiger partial charge in [-0.05, 0) is 43.3 Å². The number of halogens is 2. The van der Waals surface area contributed by atoms with Crippen LogP contribution < -0.4 is 25.8 Å². The lowest BCUT2D eigenvalue weighted by Gasteiger charge is -2.21. The number of ether oxygens (including phenoxy) is 1. The summed E-state index contributed by atoms with van der Waals surface area (Å²) in [6, 6.07) is 19.3. The molecule has 4 aromatic rings. The number of fused-ring (bicyclic) bond motifs is 1. The average Bonchev–Trinajstić information content (AvgIpc) is 2.96. The summed E-state index contributed by atoms with van der Waals surface area (Å²) in [5.74, 6) is 0.199. The molecule has 1 heterocycles. The first-order valence-corrected chi connectivity index (χ1v) is 13.3. The van der Waals surface area contributed by atoms with Gasteiger partial charge in [0, 0.05) is 40.0 Å². The van der Waals surface area contributed by atoms with Gasteiger partial charge in [0.15, 0.2) is 0 Å². The Kier molecular flexibility index (Phi) is 9.67. The second-order valence-electron chi connectivity index (χ2n) is 9.05. The molecule has 4 rings (SSSR count). The van der Waals surface area contributed by atoms with Crippen molar-refractivity contribution in [1.82, 2.24) is 15.8 Å². The number of carbonyl (C=O) groups is 2. The van der Waals surface area contributed by atoms with Crippen LogP contribution in [-0.2, 0) is 16.2 Å². The number of rotatable bonds is 10. The maximum atomic E-state index is 12.9. The number of aromatic nitrogens is 1. The van der Waals surface area contributed by atoms with Crippen LogP contribution in [0.15, 0.2) is 73.3 Å². The third kappa shape index (κ3) is 7.26. The summed E-state index contributed by atoms with van der Waals surface area (Å²) in [7, 11) is 3.04. The third-order valence-electron chi connectivity index (χ3n) is 6.19. The maximum Gasteiger partial charge on any atom is 0.319 e. The monoisotopic (exact) mass is 593 g/mol. The van der Waals surface area contributed by atoms with Crippen molar-refractivity contribution in [2.75, 3.05) is 30.9 Å². The number of likely N-dealkylation sites (N-methyl/N-ethyl adjacent to an activating group) is 1. The lowest BCUT2D eigenvalue weighted by Crippen LogP contribution is -2.40. The number of pyridine rings is 1. The van der Waals surface area contributed by atoms with Crippen molar-refractivity contribution in [3.63, 3.8) is 0 Å². The highest BCUT2D eigenvalue weighted by atomic mass is 35.5. The fraction of sp³-hybridized carbons (Fsp3) is 0.167. The van der Waals surface area contributed by atoms with E-state index in [-0.39, 0.29) is 18.2 Å². The molecule has 0 aliphatic carbocycles. The Bertz CT molecular complexity index is 1610. The zero-order chi connectivity index (χ0) is 29.5. The molecule has 0 spiro atoms. The highest BCUT2D eigenvalue weighted by molar-refractivity contribution is 6.38. The van der Waals surface area contributed by atoms with Gasteiger partial charge in [-0.15, -0.1) is 0 Å². The molecular weight excluding hydrogens is 565 g/mol. The molecule has 0 fully saturated rings. The van der Waals surface area contributed by atoms with Gasteiger partial charge < -0.3 is 20.3 Å². The van der Waals surface area contributed by atoms with E-state index in [0.29, 0.717) is 33.4 Å². The number of aryl methyl sites for hydroxylation is 1. The Labute approximate surface area is 248 Å². The van der Waals surface area contributed by atoms with Gasteiger partial charge in [-0.2, -0.15) is 0 Å². The van der Waals surface area contributed by atoms with Crippen LogP contribution in [-0.4, -0.2) is 37.6 Å². The Morgan fingerprint density at radius 1 is 1.05 bits per heavy atom. The molecule has 0 unspecified atom stereocenters. The van der Waals surface area contributed by atoms with Crippen LogP contribution in [0, 0.1) is 6.92 Å². The van der Waals surface area contributed by atoms with Gasteiger partial charge in [0.05, 0.1) is 30.1 Å². The van der Waals surface area contributed by atoms with E-state index in [4.69, 9.17) is 32.8 Å². The van der Waals surface area contributed by atoms with E-state index in [1.807, 2.05) is 43.3 Å². The number of nitrogens with one attached hydrogen (secondary N) is 3. The number of hydrogen-bond donors (Lipinski definition) is 3. The van der Waals surface area contributed by atoms with E-state index in [1.165, 1.54) is 12.0 Å². The fourth-order valence-electron chi connectivity index (χ4n) is 4.01. The topological polar surface area (TPSA) is 105 Å². The van der Waals surface area contributed by atoms with Crippen molar-refractivity contribution in [2.45, 2.75) is 13.5 Å². The Hall–Kier alpha value is -4.31. The zero-order valence-electron chi connectivity index (χ0n) is 22.8. The summed E-state index contributed by atoms with van der Waals surface area (Å²) in [6.07, 6.45) is 0. The average molecular weight is 594 g/mol. The smallest absolute Gasteiger partial charge is 0.319 e.